The Bertz CT molecular complexity index is 752. The molecule has 4 nitrogen and oxygen atoms in total. The molecule has 1 atom stereocenters. The maximum absolute atomic E-state index is 13.4. The number of fused-ring (bicyclic) bond motifs is 1. The van der Waals surface area contributed by atoms with E-state index in [1.54, 1.807) is 6.20 Å². The van der Waals surface area contributed by atoms with Crippen LogP contribution in [0.4, 0.5) is 18.9 Å². The molecule has 25 heavy (non-hydrogen) atoms. The summed E-state index contributed by atoms with van der Waals surface area (Å²) in [5.41, 5.74) is 0.749. The highest BCUT2D eigenvalue weighted by atomic mass is 32.1. The summed E-state index contributed by atoms with van der Waals surface area (Å²) >= 11 is 8.81. The van der Waals surface area contributed by atoms with E-state index in [0.29, 0.717) is 22.8 Å². The minimum Gasteiger partial charge on any atom is -0.379 e. The van der Waals surface area contributed by atoms with Crippen LogP contribution in [0.5, 0.6) is 0 Å². The number of halogens is 3. The van der Waals surface area contributed by atoms with Gasteiger partial charge in [0.2, 0.25) is 0 Å². The lowest BCUT2D eigenvalue weighted by Crippen LogP contribution is -2.35. The van der Waals surface area contributed by atoms with E-state index in [4.69, 9.17) is 0 Å². The van der Waals surface area contributed by atoms with Crippen LogP contribution in [0.1, 0.15) is 31.0 Å². The topological polar surface area (TPSA) is 41.4 Å². The summed E-state index contributed by atoms with van der Waals surface area (Å²) in [6.45, 7) is 3.51. The first kappa shape index (κ1) is 18.7. The monoisotopic (exact) mass is 390 g/mol. The maximum atomic E-state index is 13.4. The van der Waals surface area contributed by atoms with Crippen molar-refractivity contribution in [2.45, 2.75) is 36.7 Å². The van der Waals surface area contributed by atoms with Gasteiger partial charge in [0.05, 0.1) is 27.9 Å². The lowest BCUT2D eigenvalue weighted by Gasteiger charge is -2.26. The van der Waals surface area contributed by atoms with Crippen molar-refractivity contribution in [3.05, 3.63) is 29.7 Å². The van der Waals surface area contributed by atoms with Gasteiger partial charge in [-0.1, -0.05) is 0 Å². The molecule has 0 amide bonds. The number of nitrogens with one attached hydrogen (secondary N) is 2. The molecule has 1 saturated heterocycles. The highest BCUT2D eigenvalue weighted by Crippen LogP contribution is 2.36. The lowest BCUT2D eigenvalue weighted by molar-refractivity contribution is -0.137. The molecule has 0 radical (unpaired) electrons. The number of rotatable bonds is 4. The number of nitrogens with zero attached hydrogens (tertiary/aromatic N) is 2. The van der Waals surface area contributed by atoms with Gasteiger partial charge in [-0.3, -0.25) is 0 Å². The molecule has 3 heterocycles. The van der Waals surface area contributed by atoms with Gasteiger partial charge in [-0.05, 0) is 38.9 Å². The van der Waals surface area contributed by atoms with Gasteiger partial charge < -0.3 is 15.0 Å². The highest BCUT2D eigenvalue weighted by Gasteiger charge is 2.34. The van der Waals surface area contributed by atoms with Crippen molar-refractivity contribution in [3.8, 4) is 0 Å². The molecule has 0 bridgehead atoms. The van der Waals surface area contributed by atoms with Crippen LogP contribution in [-0.2, 0) is 10.9 Å². The Hall–Kier alpha value is -1.06. The molecule has 2 aromatic rings. The molecule has 0 aromatic carbocycles. The van der Waals surface area contributed by atoms with E-state index >= 15 is 0 Å². The molecule has 0 spiro atoms. The lowest BCUT2D eigenvalue weighted by atomic mass is 10.1. The van der Waals surface area contributed by atoms with Crippen molar-refractivity contribution in [2.75, 3.05) is 24.2 Å². The third-order valence-electron chi connectivity index (χ3n) is 4.49. The van der Waals surface area contributed by atoms with Crippen molar-refractivity contribution >= 4 is 36.6 Å². The number of thiol groups is 2. The molecular weight excluding hydrogens is 369 g/mol. The minimum atomic E-state index is -4.44. The van der Waals surface area contributed by atoms with Crippen LogP contribution in [0, 0.1) is 0 Å². The standard InChI is InChI=1S/C16H21F3N4S2/c1-15(25,9-24)13-7-21-14-12(22-11-2-4-20-5-3-11)6-10(8-23(13)14)16(17,18)19/h6-8,11,20,22,24-25H,2-5,9H2,1H3. The first-order valence-corrected chi connectivity index (χ1v) is 9.19. The molecule has 0 saturated carbocycles. The number of imidazole rings is 1. The molecule has 1 aliphatic rings. The Balaban J connectivity index is 2.11. The summed E-state index contributed by atoms with van der Waals surface area (Å²) in [6, 6.07) is 1.27. The van der Waals surface area contributed by atoms with Gasteiger partial charge in [0, 0.05) is 18.0 Å². The average Bonchev–Trinajstić information content (AvgIpc) is 3.00. The maximum Gasteiger partial charge on any atom is 0.417 e. The number of piperidine rings is 1. The second kappa shape index (κ2) is 6.92. The number of hydrogen-bond donors (Lipinski definition) is 4. The Labute approximate surface area is 155 Å². The van der Waals surface area contributed by atoms with Crippen LogP contribution in [0.3, 0.4) is 0 Å². The smallest absolute Gasteiger partial charge is 0.379 e. The number of alkyl halides is 3. The zero-order valence-corrected chi connectivity index (χ0v) is 15.6. The first-order chi connectivity index (χ1) is 11.7. The Morgan fingerprint density at radius 3 is 2.64 bits per heavy atom. The van der Waals surface area contributed by atoms with Crippen LogP contribution < -0.4 is 10.6 Å². The summed E-state index contributed by atoms with van der Waals surface area (Å²) < 4.78 is 40.9. The van der Waals surface area contributed by atoms with E-state index in [1.807, 2.05) is 6.92 Å². The molecule has 0 aliphatic carbocycles. The average molecular weight is 391 g/mol. The third kappa shape index (κ3) is 3.88. The van der Waals surface area contributed by atoms with E-state index in [-0.39, 0.29) is 6.04 Å². The molecule has 9 heteroatoms. The molecular formula is C16H21F3N4S2. The Morgan fingerprint density at radius 2 is 2.04 bits per heavy atom. The van der Waals surface area contributed by atoms with Crippen LogP contribution in [-0.4, -0.2) is 34.3 Å². The van der Waals surface area contributed by atoms with Crippen molar-refractivity contribution in [3.63, 3.8) is 0 Å². The van der Waals surface area contributed by atoms with Crippen molar-refractivity contribution in [1.82, 2.24) is 14.7 Å². The number of pyridine rings is 1. The molecule has 3 rings (SSSR count). The first-order valence-electron chi connectivity index (χ1n) is 8.11. The van der Waals surface area contributed by atoms with Gasteiger partial charge in [-0.15, -0.1) is 0 Å². The van der Waals surface area contributed by atoms with Crippen LogP contribution in [0.2, 0.25) is 0 Å². The fraction of sp³-hybridized carbons (Fsp3) is 0.562. The summed E-state index contributed by atoms with van der Waals surface area (Å²) in [4.78, 5) is 4.36. The van der Waals surface area contributed by atoms with E-state index in [2.05, 4.69) is 40.9 Å². The van der Waals surface area contributed by atoms with Crippen LogP contribution >= 0.6 is 25.3 Å². The van der Waals surface area contributed by atoms with E-state index < -0.39 is 16.5 Å². The van der Waals surface area contributed by atoms with Crippen LogP contribution in [0.15, 0.2) is 18.5 Å². The molecule has 1 aliphatic heterocycles. The Kier molecular flexibility index (Phi) is 5.18. The summed E-state index contributed by atoms with van der Waals surface area (Å²) in [6.07, 6.45) is -0.0580. The highest BCUT2D eigenvalue weighted by molar-refractivity contribution is 7.85. The van der Waals surface area contributed by atoms with Gasteiger partial charge in [0.1, 0.15) is 0 Å². The molecule has 1 fully saturated rings. The van der Waals surface area contributed by atoms with E-state index in [1.165, 1.54) is 4.40 Å². The second-order valence-corrected chi connectivity index (χ2v) is 7.88. The number of hydrogen-bond acceptors (Lipinski definition) is 5. The predicted molar refractivity (Wildman–Crippen MR) is 99.9 cm³/mol. The Morgan fingerprint density at radius 1 is 1.36 bits per heavy atom. The quantitative estimate of drug-likeness (QED) is 0.603. The van der Waals surface area contributed by atoms with Crippen LogP contribution in [0.25, 0.3) is 5.65 Å². The van der Waals surface area contributed by atoms with Gasteiger partial charge in [-0.25, -0.2) is 4.98 Å². The summed E-state index contributed by atoms with van der Waals surface area (Å²) in [7, 11) is 0. The zero-order valence-electron chi connectivity index (χ0n) is 13.8. The second-order valence-electron chi connectivity index (χ2n) is 6.58. The number of anilines is 1. The zero-order chi connectivity index (χ0) is 18.2. The van der Waals surface area contributed by atoms with Crippen molar-refractivity contribution in [1.29, 1.82) is 0 Å². The van der Waals surface area contributed by atoms with Gasteiger partial charge >= 0.3 is 6.18 Å². The molecule has 1 unspecified atom stereocenters. The van der Waals surface area contributed by atoms with E-state index in [0.717, 1.165) is 38.2 Å². The minimum absolute atomic E-state index is 0.126. The fourth-order valence-electron chi connectivity index (χ4n) is 3.01. The predicted octanol–water partition coefficient (Wildman–Crippen LogP) is 3.59. The van der Waals surface area contributed by atoms with Crippen molar-refractivity contribution in [2.24, 2.45) is 0 Å². The van der Waals surface area contributed by atoms with Crippen molar-refractivity contribution < 1.29 is 13.2 Å². The van der Waals surface area contributed by atoms with Gasteiger partial charge in [-0.2, -0.15) is 38.4 Å². The number of aromatic nitrogens is 2. The normalized spacial score (nSPS) is 19.1. The largest absolute Gasteiger partial charge is 0.417 e. The van der Waals surface area contributed by atoms with Gasteiger partial charge in [0.25, 0.3) is 0 Å². The third-order valence-corrected chi connectivity index (χ3v) is 5.76. The fourth-order valence-corrected chi connectivity index (χ4v) is 3.34. The molecule has 2 N–H and O–H groups in total. The summed E-state index contributed by atoms with van der Waals surface area (Å²) in [5.74, 6) is 0.372. The molecule has 138 valence electrons. The summed E-state index contributed by atoms with van der Waals surface area (Å²) in [5, 5.41) is 6.50. The van der Waals surface area contributed by atoms with Gasteiger partial charge in [0.15, 0.2) is 5.65 Å². The van der Waals surface area contributed by atoms with E-state index in [9.17, 15) is 13.2 Å². The molecule has 2 aromatic heterocycles. The SMILES string of the molecule is CC(S)(CS)c1cnc2c(NC3CCNCC3)cc(C(F)(F)F)cn12.